The third kappa shape index (κ3) is 6.19. The summed E-state index contributed by atoms with van der Waals surface area (Å²) in [4.78, 5) is 25.9. The number of benzene rings is 1. The monoisotopic (exact) mass is 356 g/mol. The lowest BCUT2D eigenvalue weighted by molar-refractivity contribution is -0.117. The van der Waals surface area contributed by atoms with Crippen LogP contribution in [0.5, 0.6) is 0 Å². The Morgan fingerprint density at radius 1 is 1.20 bits per heavy atom. The molecule has 1 aromatic carbocycles. The zero-order valence-corrected chi connectivity index (χ0v) is 15.7. The number of thiophene rings is 1. The van der Waals surface area contributed by atoms with E-state index in [2.05, 4.69) is 24.5 Å². The first-order valence-electron chi connectivity index (χ1n) is 8.37. The van der Waals surface area contributed by atoms with Crippen molar-refractivity contribution in [3.63, 3.8) is 0 Å². The van der Waals surface area contributed by atoms with Crippen LogP contribution in [0.1, 0.15) is 41.1 Å². The minimum Gasteiger partial charge on any atom is -0.351 e. The fourth-order valence-corrected chi connectivity index (χ4v) is 2.88. The van der Waals surface area contributed by atoms with E-state index in [1.807, 2.05) is 36.6 Å². The van der Waals surface area contributed by atoms with Crippen molar-refractivity contribution in [2.75, 3.05) is 6.54 Å². The van der Waals surface area contributed by atoms with Crippen molar-refractivity contribution in [3.8, 4) is 0 Å². The van der Waals surface area contributed by atoms with Gasteiger partial charge in [-0.1, -0.05) is 37.6 Å². The second kappa shape index (κ2) is 9.18. The van der Waals surface area contributed by atoms with Crippen LogP contribution in [0.25, 0.3) is 6.08 Å². The largest absolute Gasteiger partial charge is 0.351 e. The maximum absolute atomic E-state index is 12.5. The van der Waals surface area contributed by atoms with Crippen molar-refractivity contribution in [1.82, 2.24) is 10.6 Å². The van der Waals surface area contributed by atoms with Gasteiger partial charge in [-0.15, -0.1) is 11.3 Å². The van der Waals surface area contributed by atoms with E-state index in [9.17, 15) is 9.59 Å². The number of nitrogens with one attached hydrogen (secondary N) is 2. The molecule has 25 heavy (non-hydrogen) atoms. The molecule has 4 nitrogen and oxygen atoms in total. The SMILES string of the molecule is Cc1cccc(C(=O)N/C(=C\c2cccs2)C(=O)NCCC(C)C)c1. The van der Waals surface area contributed by atoms with Crippen LogP contribution in [0.2, 0.25) is 0 Å². The van der Waals surface area contributed by atoms with Crippen LogP contribution in [-0.4, -0.2) is 18.4 Å². The highest BCUT2D eigenvalue weighted by molar-refractivity contribution is 7.10. The predicted octanol–water partition coefficient (Wildman–Crippen LogP) is 3.99. The minimum atomic E-state index is -0.287. The fourth-order valence-electron chi connectivity index (χ4n) is 2.22. The quantitative estimate of drug-likeness (QED) is 0.737. The second-order valence-corrected chi connectivity index (χ2v) is 7.31. The van der Waals surface area contributed by atoms with E-state index >= 15 is 0 Å². The maximum Gasteiger partial charge on any atom is 0.267 e. The standard InChI is InChI=1S/C20H24N2O2S/c1-14(2)9-10-21-20(24)18(13-17-8-5-11-25-17)22-19(23)16-7-4-6-15(3)12-16/h4-8,11-14H,9-10H2,1-3H3,(H,21,24)(H,22,23)/b18-13-. The molecule has 0 fully saturated rings. The molecule has 0 saturated heterocycles. The van der Waals surface area contributed by atoms with Crippen molar-refractivity contribution in [1.29, 1.82) is 0 Å². The molecule has 2 N–H and O–H groups in total. The summed E-state index contributed by atoms with van der Waals surface area (Å²) in [5, 5.41) is 7.56. The van der Waals surface area contributed by atoms with Gasteiger partial charge in [-0.3, -0.25) is 9.59 Å². The Kier molecular flexibility index (Phi) is 6.95. The molecule has 0 bridgehead atoms. The zero-order chi connectivity index (χ0) is 18.2. The van der Waals surface area contributed by atoms with Gasteiger partial charge in [0.1, 0.15) is 5.70 Å². The zero-order valence-electron chi connectivity index (χ0n) is 14.8. The molecule has 0 unspecified atom stereocenters. The first-order valence-corrected chi connectivity index (χ1v) is 9.25. The molecule has 5 heteroatoms. The summed E-state index contributed by atoms with van der Waals surface area (Å²) in [7, 11) is 0. The van der Waals surface area contributed by atoms with Gasteiger partial charge >= 0.3 is 0 Å². The first-order chi connectivity index (χ1) is 12.0. The highest BCUT2D eigenvalue weighted by atomic mass is 32.1. The lowest BCUT2D eigenvalue weighted by Gasteiger charge is -2.12. The molecule has 0 aliphatic carbocycles. The molecule has 0 radical (unpaired) electrons. The fraction of sp³-hybridized carbons (Fsp3) is 0.300. The van der Waals surface area contributed by atoms with Crippen molar-refractivity contribution >= 4 is 29.2 Å². The third-order valence-corrected chi connectivity index (χ3v) is 4.43. The van der Waals surface area contributed by atoms with E-state index in [4.69, 9.17) is 0 Å². The smallest absolute Gasteiger partial charge is 0.267 e. The average molecular weight is 356 g/mol. The Balaban J connectivity index is 2.14. The van der Waals surface area contributed by atoms with E-state index in [0.29, 0.717) is 18.0 Å². The van der Waals surface area contributed by atoms with Gasteiger partial charge in [-0.25, -0.2) is 0 Å². The molecule has 132 valence electrons. The van der Waals surface area contributed by atoms with Gasteiger partial charge in [0.2, 0.25) is 0 Å². The summed E-state index contributed by atoms with van der Waals surface area (Å²) in [6, 6.07) is 11.1. The van der Waals surface area contributed by atoms with Crippen LogP contribution in [0.4, 0.5) is 0 Å². The van der Waals surface area contributed by atoms with E-state index < -0.39 is 0 Å². The van der Waals surface area contributed by atoms with Gasteiger partial charge in [0.25, 0.3) is 11.8 Å². The average Bonchev–Trinajstić information content (AvgIpc) is 3.06. The Labute approximate surface area is 153 Å². The topological polar surface area (TPSA) is 58.2 Å². The van der Waals surface area contributed by atoms with E-state index in [1.165, 1.54) is 11.3 Å². The van der Waals surface area contributed by atoms with Crippen molar-refractivity contribution < 1.29 is 9.59 Å². The molecule has 2 rings (SSSR count). The Hall–Kier alpha value is -2.40. The number of hydrogen-bond donors (Lipinski definition) is 2. The second-order valence-electron chi connectivity index (χ2n) is 6.34. The van der Waals surface area contributed by atoms with Gasteiger partial charge in [0.15, 0.2) is 0 Å². The highest BCUT2D eigenvalue weighted by Gasteiger charge is 2.15. The Bertz CT molecular complexity index is 749. The van der Waals surface area contributed by atoms with Crippen LogP contribution in [0, 0.1) is 12.8 Å². The van der Waals surface area contributed by atoms with Gasteiger partial charge < -0.3 is 10.6 Å². The normalized spacial score (nSPS) is 11.4. The molecule has 2 amide bonds. The summed E-state index contributed by atoms with van der Waals surface area (Å²) in [5.41, 5.74) is 1.79. The summed E-state index contributed by atoms with van der Waals surface area (Å²) in [5.74, 6) is -0.0486. The van der Waals surface area contributed by atoms with Gasteiger partial charge in [-0.05, 0) is 48.9 Å². The number of carbonyl (C=O) groups excluding carboxylic acids is 2. The van der Waals surface area contributed by atoms with Gasteiger partial charge in [0.05, 0.1) is 0 Å². The molecule has 0 saturated carbocycles. The summed E-state index contributed by atoms with van der Waals surface area (Å²) in [6.45, 7) is 6.72. The minimum absolute atomic E-state index is 0.262. The molecule has 0 atom stereocenters. The van der Waals surface area contributed by atoms with E-state index in [0.717, 1.165) is 16.9 Å². The van der Waals surface area contributed by atoms with Crippen LogP contribution in [0.3, 0.4) is 0 Å². The van der Waals surface area contributed by atoms with Crippen molar-refractivity contribution in [2.45, 2.75) is 27.2 Å². The van der Waals surface area contributed by atoms with Crippen LogP contribution < -0.4 is 10.6 Å². The molecule has 0 aliphatic heterocycles. The third-order valence-electron chi connectivity index (χ3n) is 3.61. The molecule has 1 heterocycles. The molecule has 0 spiro atoms. The molecule has 1 aromatic heterocycles. The number of rotatable bonds is 7. The number of hydrogen-bond acceptors (Lipinski definition) is 3. The van der Waals surface area contributed by atoms with Crippen LogP contribution >= 0.6 is 11.3 Å². The lowest BCUT2D eigenvalue weighted by atomic mass is 10.1. The summed E-state index contributed by atoms with van der Waals surface area (Å²) < 4.78 is 0. The van der Waals surface area contributed by atoms with E-state index in [-0.39, 0.29) is 17.5 Å². The molecular formula is C20H24N2O2S. The highest BCUT2D eigenvalue weighted by Crippen LogP contribution is 2.13. The predicted molar refractivity (Wildman–Crippen MR) is 103 cm³/mol. The van der Waals surface area contributed by atoms with Crippen LogP contribution in [-0.2, 0) is 4.79 Å². The summed E-state index contributed by atoms with van der Waals surface area (Å²) >= 11 is 1.52. The first kappa shape index (κ1) is 18.9. The maximum atomic E-state index is 12.5. The molecule has 0 aliphatic rings. The van der Waals surface area contributed by atoms with Gasteiger partial charge in [0, 0.05) is 17.0 Å². The lowest BCUT2D eigenvalue weighted by Crippen LogP contribution is -2.35. The number of carbonyl (C=O) groups is 2. The summed E-state index contributed by atoms with van der Waals surface area (Å²) in [6.07, 6.45) is 2.60. The van der Waals surface area contributed by atoms with E-state index in [1.54, 1.807) is 18.2 Å². The Morgan fingerprint density at radius 2 is 2.00 bits per heavy atom. The van der Waals surface area contributed by atoms with Crippen LogP contribution in [0.15, 0.2) is 47.5 Å². The number of amides is 2. The van der Waals surface area contributed by atoms with Crippen molar-refractivity contribution in [2.24, 2.45) is 5.92 Å². The molecule has 2 aromatic rings. The number of aryl methyl sites for hydroxylation is 1. The Morgan fingerprint density at radius 3 is 2.64 bits per heavy atom. The van der Waals surface area contributed by atoms with Gasteiger partial charge in [-0.2, -0.15) is 0 Å². The molecular weight excluding hydrogens is 332 g/mol. The van der Waals surface area contributed by atoms with Crippen molar-refractivity contribution in [3.05, 3.63) is 63.5 Å².